The Morgan fingerprint density at radius 2 is 2.00 bits per heavy atom. The summed E-state index contributed by atoms with van der Waals surface area (Å²) in [6.07, 6.45) is 5.25. The minimum absolute atomic E-state index is 0.110. The highest BCUT2D eigenvalue weighted by Crippen LogP contribution is 2.20. The molecule has 0 N–H and O–H groups in total. The van der Waals surface area contributed by atoms with Gasteiger partial charge in [-0.05, 0) is 24.6 Å². The van der Waals surface area contributed by atoms with Crippen molar-refractivity contribution < 1.29 is 13.2 Å². The summed E-state index contributed by atoms with van der Waals surface area (Å²) in [5.41, 5.74) is 0.830. The number of sulfonamides is 1. The highest BCUT2D eigenvalue weighted by Gasteiger charge is 2.37. The van der Waals surface area contributed by atoms with E-state index in [4.69, 9.17) is 6.42 Å². The van der Waals surface area contributed by atoms with Crippen molar-refractivity contribution in [2.24, 2.45) is 0 Å². The summed E-state index contributed by atoms with van der Waals surface area (Å²) in [7, 11) is -3.51. The molecule has 1 aromatic carbocycles. The van der Waals surface area contributed by atoms with Gasteiger partial charge in [-0.15, -0.1) is 6.42 Å². The predicted octanol–water partition coefficient (Wildman–Crippen LogP) is 1.44. The molecule has 1 fully saturated rings. The third-order valence-electron chi connectivity index (χ3n) is 3.61. The van der Waals surface area contributed by atoms with Crippen LogP contribution >= 0.6 is 15.9 Å². The van der Waals surface area contributed by atoms with Gasteiger partial charge in [0, 0.05) is 17.6 Å². The maximum absolute atomic E-state index is 12.5. The smallest absolute Gasteiger partial charge is 0.241 e. The Kier molecular flexibility index (Phi) is 5.27. The molecule has 0 unspecified atom stereocenters. The summed E-state index contributed by atoms with van der Waals surface area (Å²) in [5.74, 6) is 2.04. The average Bonchev–Trinajstić information content (AvgIpc) is 2.55. The van der Waals surface area contributed by atoms with Crippen LogP contribution in [-0.4, -0.2) is 48.4 Å². The Morgan fingerprint density at radius 3 is 2.59 bits per heavy atom. The Balaban J connectivity index is 2.29. The Morgan fingerprint density at radius 1 is 1.36 bits per heavy atom. The van der Waals surface area contributed by atoms with Crippen molar-refractivity contribution in [3.63, 3.8) is 0 Å². The highest BCUT2D eigenvalue weighted by atomic mass is 79.9. The summed E-state index contributed by atoms with van der Waals surface area (Å²) < 4.78 is 27.1. The van der Waals surface area contributed by atoms with Crippen molar-refractivity contribution in [2.45, 2.75) is 19.5 Å². The van der Waals surface area contributed by atoms with Gasteiger partial charge in [-0.1, -0.05) is 34.0 Å². The monoisotopic (exact) mass is 384 g/mol. The van der Waals surface area contributed by atoms with E-state index in [0.29, 0.717) is 0 Å². The maximum Gasteiger partial charge on any atom is 0.241 e. The first-order chi connectivity index (χ1) is 10.3. The molecule has 1 atom stereocenters. The van der Waals surface area contributed by atoms with E-state index in [-0.39, 0.29) is 31.3 Å². The number of rotatable bonds is 3. The molecule has 1 saturated heterocycles. The van der Waals surface area contributed by atoms with E-state index in [1.807, 2.05) is 24.3 Å². The van der Waals surface area contributed by atoms with Gasteiger partial charge in [-0.2, -0.15) is 4.31 Å². The molecule has 118 valence electrons. The van der Waals surface area contributed by atoms with Gasteiger partial charge in [0.2, 0.25) is 15.9 Å². The van der Waals surface area contributed by atoms with Crippen LogP contribution in [0.4, 0.5) is 0 Å². The number of halogens is 1. The number of carbonyl (C=O) groups is 1. The fraction of sp³-hybridized carbons (Fsp3) is 0.400. The van der Waals surface area contributed by atoms with Crippen molar-refractivity contribution in [3.05, 3.63) is 34.3 Å². The standard InChI is InChI=1S/C15H17BrN2O3S/c1-3-8-17-9-10-22(20,21)18(12(2)15(17)19)11-13-4-6-14(16)7-5-13/h1,4-7,12H,8-11H2,2H3/t12-/m0/s1. The highest BCUT2D eigenvalue weighted by molar-refractivity contribution is 9.10. The Hall–Kier alpha value is -1.36. The second-order valence-corrected chi connectivity index (χ2v) is 8.08. The molecule has 2 rings (SSSR count). The molecule has 1 amide bonds. The molecule has 1 aromatic rings. The summed E-state index contributed by atoms with van der Waals surface area (Å²) in [5, 5.41) is 0. The maximum atomic E-state index is 12.5. The van der Waals surface area contributed by atoms with Gasteiger partial charge in [0.15, 0.2) is 0 Å². The lowest BCUT2D eigenvalue weighted by Crippen LogP contribution is -2.45. The van der Waals surface area contributed by atoms with Crippen LogP contribution in [0.2, 0.25) is 0 Å². The van der Waals surface area contributed by atoms with Crippen molar-refractivity contribution in [1.82, 2.24) is 9.21 Å². The first-order valence-corrected chi connectivity index (χ1v) is 9.21. The predicted molar refractivity (Wildman–Crippen MR) is 88.3 cm³/mol. The number of amides is 1. The van der Waals surface area contributed by atoms with Gasteiger partial charge in [0.05, 0.1) is 12.3 Å². The minimum atomic E-state index is -3.51. The van der Waals surface area contributed by atoms with Gasteiger partial charge in [0.1, 0.15) is 6.04 Å². The van der Waals surface area contributed by atoms with E-state index in [1.165, 1.54) is 9.21 Å². The van der Waals surface area contributed by atoms with Crippen molar-refractivity contribution >= 4 is 31.9 Å². The van der Waals surface area contributed by atoms with Crippen LogP contribution in [0.25, 0.3) is 0 Å². The normalized spacial score (nSPS) is 22.1. The van der Waals surface area contributed by atoms with E-state index in [1.54, 1.807) is 6.92 Å². The number of benzene rings is 1. The van der Waals surface area contributed by atoms with Crippen LogP contribution in [0.5, 0.6) is 0 Å². The van der Waals surface area contributed by atoms with E-state index in [2.05, 4.69) is 21.9 Å². The lowest BCUT2D eigenvalue weighted by molar-refractivity contribution is -0.133. The second-order valence-electron chi connectivity index (χ2n) is 5.13. The molecule has 5 nitrogen and oxygen atoms in total. The van der Waals surface area contributed by atoms with Crippen LogP contribution in [0, 0.1) is 12.3 Å². The molecule has 1 aliphatic heterocycles. The molecule has 22 heavy (non-hydrogen) atoms. The average molecular weight is 385 g/mol. The SMILES string of the molecule is C#CCN1CCS(=O)(=O)N(Cc2ccc(Br)cc2)[C@@H](C)C1=O. The van der Waals surface area contributed by atoms with E-state index in [9.17, 15) is 13.2 Å². The summed E-state index contributed by atoms with van der Waals surface area (Å²) in [6.45, 7) is 2.04. The number of carbonyl (C=O) groups excluding carboxylic acids is 1. The third-order valence-corrected chi connectivity index (χ3v) is 6.00. The summed E-state index contributed by atoms with van der Waals surface area (Å²) in [6, 6.07) is 6.60. The largest absolute Gasteiger partial charge is 0.329 e. The number of terminal acetylenes is 1. The molecule has 1 aliphatic rings. The number of hydrogen-bond donors (Lipinski definition) is 0. The van der Waals surface area contributed by atoms with E-state index < -0.39 is 16.1 Å². The van der Waals surface area contributed by atoms with Crippen LogP contribution in [0.1, 0.15) is 12.5 Å². The van der Waals surface area contributed by atoms with Crippen LogP contribution in [0.15, 0.2) is 28.7 Å². The van der Waals surface area contributed by atoms with Crippen molar-refractivity contribution in [1.29, 1.82) is 0 Å². The zero-order chi connectivity index (χ0) is 16.3. The molecule has 0 saturated carbocycles. The zero-order valence-electron chi connectivity index (χ0n) is 12.2. The van der Waals surface area contributed by atoms with Crippen molar-refractivity contribution in [3.8, 4) is 12.3 Å². The molecule has 0 spiro atoms. The third kappa shape index (κ3) is 3.69. The number of hydrogen-bond acceptors (Lipinski definition) is 3. The first kappa shape index (κ1) is 17.0. The second kappa shape index (κ2) is 6.82. The zero-order valence-corrected chi connectivity index (χ0v) is 14.6. The van der Waals surface area contributed by atoms with Crippen LogP contribution in [0.3, 0.4) is 0 Å². The van der Waals surface area contributed by atoms with E-state index >= 15 is 0 Å². The van der Waals surface area contributed by atoms with Gasteiger partial charge < -0.3 is 4.90 Å². The van der Waals surface area contributed by atoms with Crippen LogP contribution in [-0.2, 0) is 21.4 Å². The van der Waals surface area contributed by atoms with Gasteiger partial charge in [0.25, 0.3) is 0 Å². The van der Waals surface area contributed by atoms with Crippen LogP contribution < -0.4 is 0 Å². The quantitative estimate of drug-likeness (QED) is 0.740. The summed E-state index contributed by atoms with van der Waals surface area (Å²) in [4.78, 5) is 13.8. The molecular weight excluding hydrogens is 368 g/mol. The molecule has 1 heterocycles. The lowest BCUT2D eigenvalue weighted by Gasteiger charge is -2.26. The fourth-order valence-corrected chi connectivity index (χ4v) is 4.22. The Bertz CT molecular complexity index is 694. The molecule has 7 heteroatoms. The number of nitrogens with zero attached hydrogens (tertiary/aromatic N) is 2. The molecule has 0 radical (unpaired) electrons. The molecule has 0 bridgehead atoms. The molecular formula is C15H17BrN2O3S. The fourth-order valence-electron chi connectivity index (χ4n) is 2.35. The first-order valence-electron chi connectivity index (χ1n) is 6.81. The minimum Gasteiger partial charge on any atom is -0.329 e. The lowest BCUT2D eigenvalue weighted by atomic mass is 10.2. The molecule has 0 aliphatic carbocycles. The Labute approximate surface area is 139 Å². The van der Waals surface area contributed by atoms with Gasteiger partial charge >= 0.3 is 0 Å². The summed E-state index contributed by atoms with van der Waals surface area (Å²) >= 11 is 3.34. The van der Waals surface area contributed by atoms with Crippen molar-refractivity contribution in [2.75, 3.05) is 18.8 Å². The topological polar surface area (TPSA) is 57.7 Å². The molecule has 0 aromatic heterocycles. The van der Waals surface area contributed by atoms with E-state index in [0.717, 1.165) is 10.0 Å². The van der Waals surface area contributed by atoms with Gasteiger partial charge in [-0.25, -0.2) is 8.42 Å². The van der Waals surface area contributed by atoms with Gasteiger partial charge in [-0.3, -0.25) is 4.79 Å².